The Balaban J connectivity index is 1.78. The van der Waals surface area contributed by atoms with E-state index in [9.17, 15) is 14.4 Å². The van der Waals surface area contributed by atoms with E-state index in [0.717, 1.165) is 11.1 Å². The summed E-state index contributed by atoms with van der Waals surface area (Å²) < 4.78 is 6.47. The van der Waals surface area contributed by atoms with E-state index >= 15 is 0 Å². The van der Waals surface area contributed by atoms with E-state index in [2.05, 4.69) is 29.8 Å². The minimum atomic E-state index is -1.14. The molecule has 4 unspecified atom stereocenters. The lowest BCUT2D eigenvalue weighted by Gasteiger charge is -2.32. The van der Waals surface area contributed by atoms with E-state index in [0.29, 0.717) is 17.7 Å². The lowest BCUT2D eigenvalue weighted by molar-refractivity contribution is -0.135. The fourth-order valence-corrected chi connectivity index (χ4v) is 4.94. The molecule has 3 amide bonds. The molecule has 2 aliphatic heterocycles. The van der Waals surface area contributed by atoms with E-state index in [4.69, 9.17) is 4.74 Å². The Bertz CT molecular complexity index is 1360. The van der Waals surface area contributed by atoms with Crippen LogP contribution in [0.2, 0.25) is 0 Å². The second kappa shape index (κ2) is 14.5. The number of carbonyl (C=O) groups is 3. The van der Waals surface area contributed by atoms with Crippen LogP contribution < -0.4 is 20.7 Å². The van der Waals surface area contributed by atoms with E-state index in [1.165, 1.54) is 0 Å². The third-order valence-electron chi connectivity index (χ3n) is 7.19. The van der Waals surface area contributed by atoms with Crippen molar-refractivity contribution in [3.05, 3.63) is 108 Å². The van der Waals surface area contributed by atoms with Crippen LogP contribution >= 0.6 is 0 Å². The Morgan fingerprint density at radius 2 is 1.55 bits per heavy atom. The number of likely N-dealkylation sites (N-methyl/N-ethyl adjacent to an activating group) is 1. The molecule has 0 spiro atoms. The maximum absolute atomic E-state index is 14.2. The van der Waals surface area contributed by atoms with Gasteiger partial charge in [-0.1, -0.05) is 86.6 Å². The van der Waals surface area contributed by atoms with Crippen LogP contribution in [0, 0.1) is 5.92 Å². The summed E-state index contributed by atoms with van der Waals surface area (Å²) in [5.74, 6) is -0.380. The van der Waals surface area contributed by atoms with Crippen LogP contribution in [0.4, 0.5) is 0 Å². The molecule has 0 saturated carbocycles. The largest absolute Gasteiger partial charge is 0.483 e. The Labute approximate surface area is 248 Å². The summed E-state index contributed by atoms with van der Waals surface area (Å²) in [4.78, 5) is 43.2. The quantitative estimate of drug-likeness (QED) is 0.380. The first-order chi connectivity index (χ1) is 20.2. The van der Waals surface area contributed by atoms with Gasteiger partial charge in [0.05, 0.1) is 6.04 Å². The molecule has 3 aromatic rings. The van der Waals surface area contributed by atoms with E-state index in [1.807, 2.05) is 91.8 Å². The zero-order chi connectivity index (χ0) is 30.1. The number of benzene rings is 3. The van der Waals surface area contributed by atoms with Crippen molar-refractivity contribution in [1.82, 2.24) is 20.9 Å². The Morgan fingerprint density at radius 3 is 2.17 bits per heavy atom. The van der Waals surface area contributed by atoms with Gasteiger partial charge in [-0.05, 0) is 61.3 Å². The highest BCUT2D eigenvalue weighted by molar-refractivity contribution is 5.94. The Morgan fingerprint density at radius 1 is 0.905 bits per heavy atom. The topological polar surface area (TPSA) is 99.8 Å². The van der Waals surface area contributed by atoms with Crippen LogP contribution in [-0.4, -0.2) is 54.8 Å². The average Bonchev–Trinajstić information content (AvgIpc) is 2.98. The van der Waals surface area contributed by atoms with Crippen molar-refractivity contribution in [3.8, 4) is 5.75 Å². The van der Waals surface area contributed by atoms with Crippen LogP contribution in [0.5, 0.6) is 5.75 Å². The summed E-state index contributed by atoms with van der Waals surface area (Å²) in [6, 6.07) is 23.7. The average molecular weight is 569 g/mol. The standard InChI is InChI=1S/C34H40N4O4/c1-23(2)21-29(38(3)4)33(40)37-30-31(26-13-9-6-10-14-26)42-27-17-15-24(16-18-27)19-20-35-32(39)28(36-34(30)41)22-25-11-7-5-8-12-25/h5-20,23,28-31H,21-22H2,1-4H3,(H,35,39)(H,36,41)(H,37,40)/b20-19-. The number of carbonyl (C=O) groups excluding carboxylic acids is 3. The van der Waals surface area contributed by atoms with Crippen molar-refractivity contribution in [3.63, 3.8) is 0 Å². The monoisotopic (exact) mass is 568 g/mol. The lowest BCUT2D eigenvalue weighted by atomic mass is 9.97. The van der Waals surface area contributed by atoms with Gasteiger partial charge < -0.3 is 20.7 Å². The highest BCUT2D eigenvalue weighted by Gasteiger charge is 2.37. The van der Waals surface area contributed by atoms with Crippen molar-refractivity contribution in [2.75, 3.05) is 14.1 Å². The number of nitrogens with zero attached hydrogens (tertiary/aromatic N) is 1. The fraction of sp³-hybridized carbons (Fsp3) is 0.324. The molecular weight excluding hydrogens is 528 g/mol. The van der Waals surface area contributed by atoms with Gasteiger partial charge in [-0.15, -0.1) is 0 Å². The van der Waals surface area contributed by atoms with E-state index in [-0.39, 0.29) is 24.2 Å². The first-order valence-electron chi connectivity index (χ1n) is 14.3. The van der Waals surface area contributed by atoms with Crippen molar-refractivity contribution in [2.45, 2.75) is 50.9 Å². The summed E-state index contributed by atoms with van der Waals surface area (Å²) >= 11 is 0. The number of nitrogens with one attached hydrogen (secondary N) is 3. The van der Waals surface area contributed by atoms with Crippen LogP contribution in [0.25, 0.3) is 6.08 Å². The molecule has 0 fully saturated rings. The fourth-order valence-electron chi connectivity index (χ4n) is 4.94. The molecule has 42 heavy (non-hydrogen) atoms. The number of hydrogen-bond donors (Lipinski definition) is 3. The van der Waals surface area contributed by atoms with Gasteiger partial charge in [0, 0.05) is 12.6 Å². The molecule has 0 radical (unpaired) electrons. The highest BCUT2D eigenvalue weighted by Crippen LogP contribution is 2.27. The molecule has 0 aromatic heterocycles. The second-order valence-corrected chi connectivity index (χ2v) is 11.2. The Kier molecular flexibility index (Phi) is 10.5. The minimum Gasteiger partial charge on any atom is -0.483 e. The minimum absolute atomic E-state index is 0.257. The van der Waals surface area contributed by atoms with Gasteiger partial charge in [-0.2, -0.15) is 0 Å². The molecule has 0 aliphatic carbocycles. The van der Waals surface area contributed by atoms with Gasteiger partial charge in [0.2, 0.25) is 17.7 Å². The molecule has 220 valence electrons. The molecule has 0 saturated heterocycles. The SMILES string of the molecule is CC(C)CC(C(=O)NC1C(=O)NC(Cc2ccccc2)C(=O)N/C=C\c2ccc(cc2)OC1c1ccccc1)N(C)C. The van der Waals surface area contributed by atoms with Crippen molar-refractivity contribution in [2.24, 2.45) is 5.92 Å². The van der Waals surface area contributed by atoms with E-state index in [1.54, 1.807) is 24.4 Å². The zero-order valence-electron chi connectivity index (χ0n) is 24.6. The van der Waals surface area contributed by atoms with Gasteiger partial charge >= 0.3 is 0 Å². The second-order valence-electron chi connectivity index (χ2n) is 11.2. The third kappa shape index (κ3) is 8.30. The van der Waals surface area contributed by atoms with Gasteiger partial charge in [-0.25, -0.2) is 0 Å². The van der Waals surface area contributed by atoms with Crippen LogP contribution in [0.15, 0.2) is 91.1 Å². The number of rotatable bonds is 8. The molecule has 2 bridgehead atoms. The molecular formula is C34H40N4O4. The summed E-state index contributed by atoms with van der Waals surface area (Å²) in [6.45, 7) is 4.11. The van der Waals surface area contributed by atoms with E-state index < -0.39 is 30.1 Å². The maximum Gasteiger partial charge on any atom is 0.247 e. The summed E-state index contributed by atoms with van der Waals surface area (Å²) in [7, 11) is 3.70. The van der Waals surface area contributed by atoms with Crippen LogP contribution in [0.3, 0.4) is 0 Å². The van der Waals surface area contributed by atoms with Crippen molar-refractivity contribution >= 4 is 23.8 Å². The van der Waals surface area contributed by atoms with Gasteiger partial charge in [0.25, 0.3) is 0 Å². The zero-order valence-corrected chi connectivity index (χ0v) is 24.6. The first-order valence-corrected chi connectivity index (χ1v) is 14.3. The molecule has 4 atom stereocenters. The number of amides is 3. The highest BCUT2D eigenvalue weighted by atomic mass is 16.5. The van der Waals surface area contributed by atoms with Gasteiger partial charge in [-0.3, -0.25) is 19.3 Å². The van der Waals surface area contributed by atoms with Gasteiger partial charge in [0.1, 0.15) is 17.8 Å². The van der Waals surface area contributed by atoms with Crippen LogP contribution in [0.1, 0.15) is 43.1 Å². The predicted octanol–water partition coefficient (Wildman–Crippen LogP) is 4.10. The normalized spacial score (nSPS) is 20.7. The lowest BCUT2D eigenvalue weighted by Crippen LogP contribution is -2.58. The summed E-state index contributed by atoms with van der Waals surface area (Å²) in [5, 5.41) is 8.75. The maximum atomic E-state index is 14.2. The molecule has 2 heterocycles. The Hall–Kier alpha value is -4.43. The summed E-state index contributed by atoms with van der Waals surface area (Å²) in [5.41, 5.74) is 2.47. The molecule has 3 N–H and O–H groups in total. The van der Waals surface area contributed by atoms with Crippen molar-refractivity contribution < 1.29 is 19.1 Å². The number of ether oxygens (including phenoxy) is 1. The number of fused-ring (bicyclic) bond motifs is 10. The van der Waals surface area contributed by atoms with Gasteiger partial charge in [0.15, 0.2) is 6.10 Å². The molecule has 5 rings (SSSR count). The molecule has 8 nitrogen and oxygen atoms in total. The smallest absolute Gasteiger partial charge is 0.247 e. The third-order valence-corrected chi connectivity index (χ3v) is 7.19. The molecule has 2 aliphatic rings. The predicted molar refractivity (Wildman–Crippen MR) is 164 cm³/mol. The first kappa shape index (κ1) is 30.5. The van der Waals surface area contributed by atoms with Crippen LogP contribution in [-0.2, 0) is 20.8 Å². The van der Waals surface area contributed by atoms with Crippen molar-refractivity contribution in [1.29, 1.82) is 0 Å². The summed E-state index contributed by atoms with van der Waals surface area (Å²) in [6.07, 6.45) is 3.35. The molecule has 8 heteroatoms. The number of hydrogen-bond acceptors (Lipinski definition) is 5. The molecule has 3 aromatic carbocycles.